The average molecular weight is 406 g/mol. The van der Waals surface area contributed by atoms with Crippen molar-refractivity contribution >= 4 is 17.9 Å². The van der Waals surface area contributed by atoms with Crippen molar-refractivity contribution < 1.29 is 19.1 Å². The monoisotopic (exact) mass is 406 g/mol. The van der Waals surface area contributed by atoms with Crippen molar-refractivity contribution in [3.63, 3.8) is 0 Å². The summed E-state index contributed by atoms with van der Waals surface area (Å²) in [5, 5.41) is 3.12. The van der Waals surface area contributed by atoms with Gasteiger partial charge in [0.2, 0.25) is 11.8 Å². The maximum Gasteiger partial charge on any atom is 0.223 e. The average Bonchev–Trinajstić information content (AvgIpc) is 2.73. The van der Waals surface area contributed by atoms with Crippen LogP contribution in [0.15, 0.2) is 48.7 Å². The van der Waals surface area contributed by atoms with Crippen LogP contribution in [-0.4, -0.2) is 29.9 Å². The minimum atomic E-state index is -0.613. The maximum absolute atomic E-state index is 13.0. The number of carbonyl (C=O) groups is 2. The van der Waals surface area contributed by atoms with Gasteiger partial charge in [-0.15, -0.1) is 0 Å². The smallest absolute Gasteiger partial charge is 0.223 e. The van der Waals surface area contributed by atoms with E-state index in [0.717, 1.165) is 22.4 Å². The van der Waals surface area contributed by atoms with Crippen LogP contribution >= 0.6 is 0 Å². The molecule has 2 aromatic rings. The Kier molecular flexibility index (Phi) is 5.24. The van der Waals surface area contributed by atoms with Crippen LogP contribution in [0.3, 0.4) is 0 Å². The largest absolute Gasteiger partial charge is 0.486 e. The fraction of sp³-hybridized carbons (Fsp3) is 0.333. The summed E-state index contributed by atoms with van der Waals surface area (Å²) < 4.78 is 11.3. The van der Waals surface area contributed by atoms with Crippen LogP contribution in [-0.2, 0) is 15.1 Å². The van der Waals surface area contributed by atoms with Crippen molar-refractivity contribution in [2.45, 2.75) is 38.8 Å². The van der Waals surface area contributed by atoms with Crippen LogP contribution in [0.5, 0.6) is 11.5 Å². The highest BCUT2D eigenvalue weighted by molar-refractivity contribution is 5.82. The Morgan fingerprint density at radius 3 is 2.60 bits per heavy atom. The van der Waals surface area contributed by atoms with Gasteiger partial charge in [0.05, 0.1) is 18.0 Å². The first-order valence-electron chi connectivity index (χ1n) is 10.1. The third-order valence-electron chi connectivity index (χ3n) is 5.56. The highest BCUT2D eigenvalue weighted by Crippen LogP contribution is 2.36. The summed E-state index contributed by atoms with van der Waals surface area (Å²) in [4.78, 5) is 26.8. The number of carbonyl (C=O) groups excluding carboxylic acids is 2. The fourth-order valence-corrected chi connectivity index (χ4v) is 3.99. The zero-order valence-corrected chi connectivity index (χ0v) is 17.5. The summed E-state index contributed by atoms with van der Waals surface area (Å²) in [5.74, 6) is 1.19. The first-order valence-corrected chi connectivity index (χ1v) is 10.1. The molecule has 2 aromatic carbocycles. The lowest BCUT2D eigenvalue weighted by atomic mass is 9.91. The quantitative estimate of drug-likeness (QED) is 0.839. The highest BCUT2D eigenvalue weighted by atomic mass is 16.6. The van der Waals surface area contributed by atoms with Crippen molar-refractivity contribution in [3.8, 4) is 11.5 Å². The molecule has 0 fully saturated rings. The van der Waals surface area contributed by atoms with E-state index >= 15 is 0 Å². The molecule has 30 heavy (non-hydrogen) atoms. The molecule has 1 atom stereocenters. The molecule has 2 heterocycles. The van der Waals surface area contributed by atoms with Gasteiger partial charge in [0.15, 0.2) is 11.5 Å². The van der Waals surface area contributed by atoms with E-state index in [9.17, 15) is 9.59 Å². The van der Waals surface area contributed by atoms with Gasteiger partial charge in [0, 0.05) is 13.1 Å². The zero-order valence-electron chi connectivity index (χ0n) is 17.5. The fourth-order valence-electron chi connectivity index (χ4n) is 3.99. The Morgan fingerprint density at radius 1 is 1.10 bits per heavy atom. The van der Waals surface area contributed by atoms with Crippen LogP contribution in [0.4, 0.5) is 0 Å². The van der Waals surface area contributed by atoms with E-state index < -0.39 is 5.54 Å². The second kappa shape index (κ2) is 7.86. The summed E-state index contributed by atoms with van der Waals surface area (Å²) in [6, 6.07) is 13.2. The SMILES string of the molecule is CC(=O)N1C=Cc2ccccc2[C@H]1CC(=O)NC(C)(C)c1ccc2c(c1)OCCO2. The lowest BCUT2D eigenvalue weighted by Crippen LogP contribution is -2.43. The molecular weight excluding hydrogens is 380 g/mol. The van der Waals surface area contributed by atoms with Crippen molar-refractivity contribution in [1.82, 2.24) is 10.2 Å². The van der Waals surface area contributed by atoms with Gasteiger partial charge >= 0.3 is 0 Å². The zero-order chi connectivity index (χ0) is 21.3. The van der Waals surface area contributed by atoms with Gasteiger partial charge in [-0.05, 0) is 48.7 Å². The lowest BCUT2D eigenvalue weighted by Gasteiger charge is -2.34. The number of fused-ring (bicyclic) bond motifs is 2. The number of amides is 2. The molecule has 6 heteroatoms. The maximum atomic E-state index is 13.0. The van der Waals surface area contributed by atoms with Crippen molar-refractivity contribution in [1.29, 1.82) is 0 Å². The van der Waals surface area contributed by atoms with Gasteiger partial charge < -0.3 is 19.7 Å². The Balaban J connectivity index is 1.53. The van der Waals surface area contributed by atoms with Crippen LogP contribution < -0.4 is 14.8 Å². The third kappa shape index (κ3) is 3.90. The number of hydrogen-bond acceptors (Lipinski definition) is 4. The van der Waals surface area contributed by atoms with Gasteiger partial charge in [0.1, 0.15) is 13.2 Å². The standard InChI is InChI=1S/C24H26N2O4/c1-16(27)26-11-10-17-6-4-5-7-19(17)20(26)15-23(28)25-24(2,3)18-8-9-21-22(14-18)30-13-12-29-21/h4-11,14,20H,12-13,15H2,1-3H3,(H,25,28)/t20-/m1/s1. The second-order valence-corrected chi connectivity index (χ2v) is 8.12. The van der Waals surface area contributed by atoms with Gasteiger partial charge in [-0.25, -0.2) is 0 Å². The number of hydrogen-bond donors (Lipinski definition) is 1. The molecule has 0 radical (unpaired) electrons. The molecule has 0 unspecified atom stereocenters. The molecule has 1 N–H and O–H groups in total. The Hall–Kier alpha value is -3.28. The molecule has 0 spiro atoms. The Morgan fingerprint density at radius 2 is 1.83 bits per heavy atom. The van der Waals surface area contributed by atoms with Crippen molar-refractivity contribution in [3.05, 3.63) is 65.4 Å². The van der Waals surface area contributed by atoms with E-state index in [2.05, 4.69) is 5.32 Å². The summed E-state index contributed by atoms with van der Waals surface area (Å²) in [6.07, 6.45) is 3.84. The first kappa shape index (κ1) is 20.0. The van der Waals surface area contributed by atoms with Gasteiger partial charge in [-0.1, -0.05) is 30.3 Å². The van der Waals surface area contributed by atoms with E-state index in [-0.39, 0.29) is 24.3 Å². The van der Waals surface area contributed by atoms with E-state index in [4.69, 9.17) is 9.47 Å². The second-order valence-electron chi connectivity index (χ2n) is 8.12. The van der Waals surface area contributed by atoms with Gasteiger partial charge in [-0.2, -0.15) is 0 Å². The van der Waals surface area contributed by atoms with Gasteiger partial charge in [0.25, 0.3) is 0 Å². The van der Waals surface area contributed by atoms with E-state index in [1.54, 1.807) is 11.1 Å². The van der Waals surface area contributed by atoms with E-state index in [1.165, 1.54) is 6.92 Å². The molecule has 2 aliphatic heterocycles. The highest BCUT2D eigenvalue weighted by Gasteiger charge is 2.31. The summed E-state index contributed by atoms with van der Waals surface area (Å²) in [7, 11) is 0. The molecule has 6 nitrogen and oxygen atoms in total. The number of ether oxygens (including phenoxy) is 2. The summed E-state index contributed by atoms with van der Waals surface area (Å²) in [6.45, 7) is 6.47. The number of benzene rings is 2. The minimum Gasteiger partial charge on any atom is -0.486 e. The summed E-state index contributed by atoms with van der Waals surface area (Å²) >= 11 is 0. The normalized spacial score (nSPS) is 17.3. The molecule has 2 aliphatic rings. The third-order valence-corrected chi connectivity index (χ3v) is 5.56. The first-order chi connectivity index (χ1) is 14.3. The number of nitrogens with one attached hydrogen (secondary N) is 1. The van der Waals surface area contributed by atoms with Crippen LogP contribution in [0.25, 0.3) is 6.08 Å². The Bertz CT molecular complexity index is 1010. The minimum absolute atomic E-state index is 0.0929. The molecule has 0 aliphatic carbocycles. The van der Waals surface area contributed by atoms with Gasteiger partial charge in [-0.3, -0.25) is 9.59 Å². The molecular formula is C24H26N2O4. The topological polar surface area (TPSA) is 67.9 Å². The van der Waals surface area contributed by atoms with Crippen molar-refractivity contribution in [2.24, 2.45) is 0 Å². The number of rotatable bonds is 4. The molecule has 0 aromatic heterocycles. The molecule has 0 bridgehead atoms. The molecule has 2 amide bonds. The molecule has 0 saturated carbocycles. The molecule has 156 valence electrons. The summed E-state index contributed by atoms with van der Waals surface area (Å²) in [5.41, 5.74) is 2.31. The number of nitrogens with zero attached hydrogens (tertiary/aromatic N) is 1. The predicted molar refractivity (Wildman–Crippen MR) is 114 cm³/mol. The van der Waals surface area contributed by atoms with E-state index in [1.807, 2.05) is 62.4 Å². The molecule has 4 rings (SSSR count). The van der Waals surface area contributed by atoms with Crippen LogP contribution in [0.1, 0.15) is 49.9 Å². The Labute approximate surface area is 176 Å². The van der Waals surface area contributed by atoms with Crippen LogP contribution in [0, 0.1) is 0 Å². The van der Waals surface area contributed by atoms with Crippen LogP contribution in [0.2, 0.25) is 0 Å². The van der Waals surface area contributed by atoms with Crippen molar-refractivity contribution in [2.75, 3.05) is 13.2 Å². The lowest BCUT2D eigenvalue weighted by molar-refractivity contribution is -0.130. The molecule has 0 saturated heterocycles. The van der Waals surface area contributed by atoms with E-state index in [0.29, 0.717) is 19.0 Å². The predicted octanol–water partition coefficient (Wildman–Crippen LogP) is 3.77.